The molecule has 0 radical (unpaired) electrons. The second-order valence-corrected chi connectivity index (χ2v) is 12.0. The van der Waals surface area contributed by atoms with Crippen LogP contribution in [0.5, 0.6) is 0 Å². The van der Waals surface area contributed by atoms with E-state index in [9.17, 15) is 0 Å². The maximum atomic E-state index is 6.01. The van der Waals surface area contributed by atoms with Crippen molar-refractivity contribution in [2.24, 2.45) is 4.99 Å². The van der Waals surface area contributed by atoms with Crippen LogP contribution < -0.4 is 0 Å². The van der Waals surface area contributed by atoms with Crippen LogP contribution in [-0.2, 0) is 16.0 Å². The van der Waals surface area contributed by atoms with E-state index in [1.54, 1.807) is 17.7 Å². The Hall–Kier alpha value is -4.12. The molecule has 214 valence electrons. The van der Waals surface area contributed by atoms with Crippen LogP contribution in [0.15, 0.2) is 66.0 Å². The van der Waals surface area contributed by atoms with Gasteiger partial charge in [0, 0.05) is 59.5 Å². The lowest BCUT2D eigenvalue weighted by Crippen LogP contribution is -2.23. The highest BCUT2D eigenvalue weighted by Crippen LogP contribution is 2.40. The fraction of sp³-hybridized carbons (Fsp3) is 0.312. The Bertz CT molecular complexity index is 1850. The lowest BCUT2D eigenvalue weighted by Gasteiger charge is -2.22. The number of benzene rings is 2. The van der Waals surface area contributed by atoms with Gasteiger partial charge in [-0.15, -0.1) is 11.3 Å². The summed E-state index contributed by atoms with van der Waals surface area (Å²) in [5.74, 6) is 0.432. The summed E-state index contributed by atoms with van der Waals surface area (Å²) >= 11 is 1.79. The Kier molecular flexibility index (Phi) is 7.41. The van der Waals surface area contributed by atoms with E-state index in [2.05, 4.69) is 73.4 Å². The first kappa shape index (κ1) is 26.8. The Morgan fingerprint density at radius 1 is 1.14 bits per heavy atom. The fourth-order valence-electron chi connectivity index (χ4n) is 5.50. The monoisotopic (exact) mass is 579 g/mol. The van der Waals surface area contributed by atoms with Gasteiger partial charge in [0.15, 0.2) is 6.29 Å². The molecule has 1 N–H and O–H groups in total. The van der Waals surface area contributed by atoms with Gasteiger partial charge in [-0.3, -0.25) is 5.10 Å². The maximum absolute atomic E-state index is 6.01. The second kappa shape index (κ2) is 11.6. The van der Waals surface area contributed by atoms with Crippen molar-refractivity contribution in [3.63, 3.8) is 0 Å². The molecule has 42 heavy (non-hydrogen) atoms. The minimum Gasteiger partial charge on any atom is -0.369 e. The fourth-order valence-corrected chi connectivity index (χ4v) is 6.59. The maximum Gasteiger partial charge on any atom is 0.251 e. The number of nitrogens with zero attached hydrogens (tertiary/aromatic N) is 6. The Morgan fingerprint density at radius 2 is 2.07 bits per heavy atom. The number of aromatic amines is 1. The van der Waals surface area contributed by atoms with E-state index in [-0.39, 0.29) is 6.29 Å². The van der Waals surface area contributed by atoms with Crippen LogP contribution >= 0.6 is 11.3 Å². The summed E-state index contributed by atoms with van der Waals surface area (Å²) in [6.45, 7) is 2.21. The first-order valence-electron chi connectivity index (χ1n) is 14.4. The number of ether oxygens (including phenoxy) is 2. The Morgan fingerprint density at radius 3 is 2.93 bits per heavy atom. The summed E-state index contributed by atoms with van der Waals surface area (Å²) in [5.41, 5.74) is 6.12. The first-order chi connectivity index (χ1) is 20.6. The standard InChI is InChI=1S/C32H33N7O2S/c1-38(2)20-34-32-33-18-26-31(36-32)25(19-39(26)11-7-13-41-29-10-5-6-12-40-29)22-14-23-17-35-37-30(23)24(15-22)28-16-21-8-3-4-9-27(21)42-28/h3-4,8-9,14-20,29H,5-7,10-13H2,1-2H3,(H,35,37)/b34-20+. The molecule has 4 aromatic heterocycles. The van der Waals surface area contributed by atoms with E-state index in [4.69, 9.17) is 14.5 Å². The van der Waals surface area contributed by atoms with Gasteiger partial charge in [0.1, 0.15) is 5.52 Å². The number of fused-ring (bicyclic) bond motifs is 3. The van der Waals surface area contributed by atoms with Gasteiger partial charge in [-0.25, -0.2) is 15.0 Å². The zero-order chi connectivity index (χ0) is 28.5. The van der Waals surface area contributed by atoms with E-state index in [0.717, 1.165) is 77.5 Å². The van der Waals surface area contributed by atoms with E-state index in [1.807, 2.05) is 31.4 Å². The van der Waals surface area contributed by atoms with Crippen molar-refractivity contribution in [3.05, 3.63) is 61.1 Å². The highest BCUT2D eigenvalue weighted by molar-refractivity contribution is 7.22. The lowest BCUT2D eigenvalue weighted by molar-refractivity contribution is -0.162. The molecule has 0 aliphatic carbocycles. The third-order valence-corrected chi connectivity index (χ3v) is 8.70. The zero-order valence-corrected chi connectivity index (χ0v) is 24.6. The van der Waals surface area contributed by atoms with Crippen molar-refractivity contribution in [3.8, 4) is 21.6 Å². The largest absolute Gasteiger partial charge is 0.369 e. The van der Waals surface area contributed by atoms with Gasteiger partial charge in [-0.1, -0.05) is 18.2 Å². The molecule has 7 rings (SSSR count). The van der Waals surface area contributed by atoms with E-state index < -0.39 is 0 Å². The number of rotatable bonds is 9. The number of aliphatic imine (C=N–C) groups is 1. The summed E-state index contributed by atoms with van der Waals surface area (Å²) in [5, 5.41) is 9.91. The third kappa shape index (κ3) is 5.40. The number of aromatic nitrogens is 5. The molecule has 0 spiro atoms. The van der Waals surface area contributed by atoms with Gasteiger partial charge in [-0.2, -0.15) is 5.10 Å². The molecule has 2 aromatic carbocycles. The van der Waals surface area contributed by atoms with Gasteiger partial charge >= 0.3 is 0 Å². The molecule has 10 heteroatoms. The average molecular weight is 580 g/mol. The van der Waals surface area contributed by atoms with Gasteiger partial charge < -0.3 is 18.9 Å². The number of H-pyrrole nitrogens is 1. The van der Waals surface area contributed by atoms with Crippen molar-refractivity contribution in [1.82, 2.24) is 29.6 Å². The number of nitrogens with one attached hydrogen (secondary N) is 1. The molecule has 6 aromatic rings. The van der Waals surface area contributed by atoms with Crippen LogP contribution in [0.2, 0.25) is 0 Å². The van der Waals surface area contributed by atoms with Gasteiger partial charge in [-0.05, 0) is 60.9 Å². The molecule has 0 amide bonds. The number of thiophene rings is 1. The Balaban J connectivity index is 1.28. The summed E-state index contributed by atoms with van der Waals surface area (Å²) in [7, 11) is 3.86. The van der Waals surface area contributed by atoms with E-state index >= 15 is 0 Å². The highest BCUT2D eigenvalue weighted by Gasteiger charge is 2.18. The number of hydrogen-bond donors (Lipinski definition) is 1. The number of hydrogen-bond acceptors (Lipinski definition) is 7. The SMILES string of the molecule is CN(C)/C=N/c1ncc2c(n1)c(-c1cc(-c3cc4ccccc4s3)c3[nH]ncc3c1)cn2CCCOC1CCCCO1. The van der Waals surface area contributed by atoms with E-state index in [1.165, 1.54) is 15.0 Å². The predicted molar refractivity (Wildman–Crippen MR) is 169 cm³/mol. The molecule has 1 aliphatic heterocycles. The van der Waals surface area contributed by atoms with Gasteiger partial charge in [0.25, 0.3) is 5.95 Å². The van der Waals surface area contributed by atoms with Crippen molar-refractivity contribution in [1.29, 1.82) is 0 Å². The minimum atomic E-state index is -0.0785. The lowest BCUT2D eigenvalue weighted by atomic mass is 10.0. The summed E-state index contributed by atoms with van der Waals surface area (Å²) in [6.07, 6.45) is 11.7. The molecule has 1 fully saturated rings. The molecular formula is C32H33N7O2S. The van der Waals surface area contributed by atoms with Crippen LogP contribution in [0.4, 0.5) is 5.95 Å². The molecule has 0 saturated carbocycles. The first-order valence-corrected chi connectivity index (χ1v) is 15.2. The van der Waals surface area contributed by atoms with Crippen molar-refractivity contribution >= 4 is 55.6 Å². The summed E-state index contributed by atoms with van der Waals surface area (Å²) < 4.78 is 15.2. The molecule has 5 heterocycles. The smallest absolute Gasteiger partial charge is 0.251 e. The normalized spacial score (nSPS) is 15.9. The Labute approximate surface area is 247 Å². The van der Waals surface area contributed by atoms with E-state index in [0.29, 0.717) is 12.6 Å². The quantitative estimate of drug-likeness (QED) is 0.113. The summed E-state index contributed by atoms with van der Waals surface area (Å²) in [6, 6.07) is 15.2. The van der Waals surface area contributed by atoms with Crippen LogP contribution in [0.1, 0.15) is 25.7 Å². The molecule has 0 bridgehead atoms. The van der Waals surface area contributed by atoms with Crippen molar-refractivity contribution in [2.75, 3.05) is 27.3 Å². The van der Waals surface area contributed by atoms with Crippen molar-refractivity contribution < 1.29 is 9.47 Å². The van der Waals surface area contributed by atoms with Gasteiger partial charge in [0.05, 0.1) is 36.4 Å². The van der Waals surface area contributed by atoms with Crippen LogP contribution in [-0.4, -0.2) is 69.6 Å². The highest BCUT2D eigenvalue weighted by atomic mass is 32.1. The molecule has 9 nitrogen and oxygen atoms in total. The van der Waals surface area contributed by atoms with Gasteiger partial charge in [0.2, 0.25) is 0 Å². The summed E-state index contributed by atoms with van der Waals surface area (Å²) in [4.78, 5) is 17.0. The minimum absolute atomic E-state index is 0.0785. The predicted octanol–water partition coefficient (Wildman–Crippen LogP) is 7.01. The molecule has 1 saturated heterocycles. The van der Waals surface area contributed by atoms with Crippen LogP contribution in [0.25, 0.3) is 53.6 Å². The van der Waals surface area contributed by atoms with Crippen LogP contribution in [0.3, 0.4) is 0 Å². The zero-order valence-electron chi connectivity index (χ0n) is 23.8. The molecule has 1 aliphatic rings. The van der Waals surface area contributed by atoms with Crippen molar-refractivity contribution in [2.45, 2.75) is 38.5 Å². The average Bonchev–Trinajstić information content (AvgIpc) is 3.75. The molecular weight excluding hydrogens is 546 g/mol. The topological polar surface area (TPSA) is 93.5 Å². The molecule has 1 atom stereocenters. The molecule has 1 unspecified atom stereocenters. The third-order valence-electron chi connectivity index (χ3n) is 7.55. The number of aryl methyl sites for hydroxylation is 1. The second-order valence-electron chi connectivity index (χ2n) is 10.9. The van der Waals surface area contributed by atoms with Crippen LogP contribution in [0, 0.1) is 0 Å².